The minimum absolute atomic E-state index is 0.00771. The van der Waals surface area contributed by atoms with Crippen LogP contribution in [0.2, 0.25) is 0 Å². The van der Waals surface area contributed by atoms with E-state index < -0.39 is 15.8 Å². The van der Waals surface area contributed by atoms with E-state index >= 15 is 0 Å². The van der Waals surface area contributed by atoms with Gasteiger partial charge in [-0.05, 0) is 61.5 Å². The van der Waals surface area contributed by atoms with Crippen molar-refractivity contribution in [2.45, 2.75) is 51.5 Å². The number of aromatic hydroxyl groups is 1. The topological polar surface area (TPSA) is 148 Å². The number of nitrogens with zero attached hydrogens (tertiary/aromatic N) is 3. The number of furan rings is 1. The molecule has 0 bridgehead atoms. The summed E-state index contributed by atoms with van der Waals surface area (Å²) in [5, 5.41) is 32.8. The van der Waals surface area contributed by atoms with Crippen molar-refractivity contribution in [1.82, 2.24) is 9.46 Å². The van der Waals surface area contributed by atoms with Crippen LogP contribution in [0.5, 0.6) is 5.75 Å². The summed E-state index contributed by atoms with van der Waals surface area (Å²) in [6.45, 7) is 8.57. The molecule has 0 radical (unpaired) electrons. The second kappa shape index (κ2) is 9.18. The fraction of sp³-hybridized carbons (Fsp3) is 0.455. The second-order valence-corrected chi connectivity index (χ2v) is 10.7. The first-order chi connectivity index (χ1) is 16.1. The highest BCUT2D eigenvalue weighted by Gasteiger charge is 2.32. The van der Waals surface area contributed by atoms with E-state index in [0.29, 0.717) is 18.8 Å². The van der Waals surface area contributed by atoms with Gasteiger partial charge < -0.3 is 24.7 Å². The van der Waals surface area contributed by atoms with Gasteiger partial charge >= 0.3 is 11.6 Å². The predicted octanol–water partition coefficient (Wildman–Crippen LogP) is 3.56. The van der Waals surface area contributed by atoms with Gasteiger partial charge in [0.1, 0.15) is 22.5 Å². The van der Waals surface area contributed by atoms with Crippen molar-refractivity contribution in [2.75, 3.05) is 23.7 Å². The molecule has 0 saturated carbocycles. The number of hydrogen-bond donors (Lipinski definition) is 3. The Kier molecular flexibility index (Phi) is 6.45. The number of phenols is 1. The summed E-state index contributed by atoms with van der Waals surface area (Å²) >= 11 is 0. The average molecular weight is 492 g/mol. The zero-order valence-electron chi connectivity index (χ0n) is 19.5. The van der Waals surface area contributed by atoms with Gasteiger partial charge in [-0.3, -0.25) is 5.32 Å². The Morgan fingerprint density at radius 1 is 1.24 bits per heavy atom. The minimum Gasteiger partial charge on any atom is -0.504 e. The molecule has 11 nitrogen and oxygen atoms in total. The summed E-state index contributed by atoms with van der Waals surface area (Å²) in [7, 11) is -3.85. The zero-order valence-corrected chi connectivity index (χ0v) is 20.3. The number of hydrogen-bond acceptors (Lipinski definition) is 9. The van der Waals surface area contributed by atoms with Crippen LogP contribution in [0.4, 0.5) is 17.3 Å². The molecule has 0 spiro atoms. The molecule has 34 heavy (non-hydrogen) atoms. The number of sulfonamides is 1. The van der Waals surface area contributed by atoms with Crippen molar-refractivity contribution in [2.24, 2.45) is 5.92 Å². The maximum atomic E-state index is 13.0. The van der Waals surface area contributed by atoms with Crippen LogP contribution in [0, 0.1) is 25.0 Å². The number of aromatic nitrogens is 2. The van der Waals surface area contributed by atoms with Crippen molar-refractivity contribution in [3.05, 3.63) is 46.6 Å². The van der Waals surface area contributed by atoms with Crippen LogP contribution in [-0.4, -0.2) is 36.1 Å². The third kappa shape index (κ3) is 4.42. The Morgan fingerprint density at radius 2 is 1.94 bits per heavy atom. The third-order valence-electron chi connectivity index (χ3n) is 6.00. The SMILES string of the molecule is Cc1cc([C@H](Nc2c(Nc3cccc(S(=O)(=O)N4CCCC4)c3O)no[n+]2[O-])C(C)C)oc1C. The van der Waals surface area contributed by atoms with Gasteiger partial charge in [-0.25, -0.2) is 8.42 Å². The first kappa shape index (κ1) is 23.9. The van der Waals surface area contributed by atoms with E-state index in [0.717, 1.165) is 24.2 Å². The number of nitrogens with one attached hydrogen (secondary N) is 2. The molecule has 184 valence electrons. The maximum absolute atomic E-state index is 13.0. The Balaban J connectivity index is 1.64. The molecule has 1 aliphatic heterocycles. The van der Waals surface area contributed by atoms with Crippen molar-refractivity contribution in [1.29, 1.82) is 0 Å². The molecule has 1 saturated heterocycles. The first-order valence-corrected chi connectivity index (χ1v) is 12.6. The molecule has 2 aromatic heterocycles. The Bertz CT molecular complexity index is 1260. The lowest BCUT2D eigenvalue weighted by Gasteiger charge is -2.18. The highest BCUT2D eigenvalue weighted by atomic mass is 32.2. The molecule has 0 amide bonds. The third-order valence-corrected chi connectivity index (χ3v) is 7.93. The highest BCUT2D eigenvalue weighted by molar-refractivity contribution is 7.89. The second-order valence-electron chi connectivity index (χ2n) is 8.77. The number of anilines is 3. The summed E-state index contributed by atoms with van der Waals surface area (Å²) in [5.74, 6) is 0.971. The highest BCUT2D eigenvalue weighted by Crippen LogP contribution is 2.37. The fourth-order valence-electron chi connectivity index (χ4n) is 3.95. The summed E-state index contributed by atoms with van der Waals surface area (Å²) in [6, 6.07) is 5.88. The van der Waals surface area contributed by atoms with Gasteiger partial charge in [0.2, 0.25) is 10.0 Å². The number of phenolic OH excluding ortho intramolecular Hbond substituents is 1. The van der Waals surface area contributed by atoms with E-state index in [1.165, 1.54) is 22.5 Å². The van der Waals surface area contributed by atoms with E-state index in [4.69, 9.17) is 9.05 Å². The van der Waals surface area contributed by atoms with Gasteiger partial charge in [0.25, 0.3) is 0 Å². The molecule has 3 N–H and O–H groups in total. The standard InChI is InChI=1S/C22H29N5O6S/c1-13(2)19(17-12-14(3)15(4)32-17)24-22-21(25-33-27(22)29)23-16-8-7-9-18(20(16)28)34(30,31)26-10-5-6-11-26/h7-9,12-13,19,24,28H,5-6,10-11H2,1-4H3,(H,23,25)/t19-/m1/s1. The van der Waals surface area contributed by atoms with E-state index in [1.54, 1.807) is 0 Å². The van der Waals surface area contributed by atoms with Gasteiger partial charge in [-0.1, -0.05) is 24.8 Å². The van der Waals surface area contributed by atoms with E-state index in [2.05, 4.69) is 15.8 Å². The van der Waals surface area contributed by atoms with Crippen LogP contribution in [0.25, 0.3) is 0 Å². The van der Waals surface area contributed by atoms with Gasteiger partial charge in [0.15, 0.2) is 5.75 Å². The molecule has 3 aromatic rings. The van der Waals surface area contributed by atoms with Crippen LogP contribution in [0.3, 0.4) is 0 Å². The fourth-order valence-corrected chi connectivity index (χ4v) is 5.57. The lowest BCUT2D eigenvalue weighted by molar-refractivity contribution is -0.791. The van der Waals surface area contributed by atoms with E-state index in [9.17, 15) is 18.7 Å². The van der Waals surface area contributed by atoms with Gasteiger partial charge in [0, 0.05) is 13.1 Å². The molecule has 0 unspecified atom stereocenters. The van der Waals surface area contributed by atoms with Crippen LogP contribution in [0.1, 0.15) is 49.8 Å². The number of rotatable bonds is 8. The zero-order chi connectivity index (χ0) is 24.6. The van der Waals surface area contributed by atoms with Crippen LogP contribution in [-0.2, 0) is 10.0 Å². The maximum Gasteiger partial charge on any atom is 0.320 e. The molecule has 1 fully saturated rings. The largest absolute Gasteiger partial charge is 0.504 e. The number of para-hydroxylation sites is 1. The predicted molar refractivity (Wildman–Crippen MR) is 124 cm³/mol. The van der Waals surface area contributed by atoms with Gasteiger partial charge in [-0.2, -0.15) is 4.31 Å². The van der Waals surface area contributed by atoms with Crippen LogP contribution in [0.15, 0.2) is 38.2 Å². The molecular formula is C22H29N5O6S. The van der Waals surface area contributed by atoms with Crippen LogP contribution < -0.4 is 15.5 Å². The normalized spacial score (nSPS) is 15.7. The number of aryl methyl sites for hydroxylation is 2. The lowest BCUT2D eigenvalue weighted by atomic mass is 10.0. The molecule has 1 atom stereocenters. The number of benzene rings is 1. The monoisotopic (exact) mass is 491 g/mol. The molecule has 3 heterocycles. The van der Waals surface area contributed by atoms with Crippen molar-refractivity contribution < 1.29 is 27.5 Å². The summed E-state index contributed by atoms with van der Waals surface area (Å²) in [4.78, 5) is -0.00334. The molecule has 0 aliphatic carbocycles. The van der Waals surface area contributed by atoms with Crippen molar-refractivity contribution >= 4 is 27.3 Å². The smallest absolute Gasteiger partial charge is 0.320 e. The Morgan fingerprint density at radius 3 is 2.56 bits per heavy atom. The van der Waals surface area contributed by atoms with Gasteiger partial charge in [-0.15, -0.1) is 0 Å². The van der Waals surface area contributed by atoms with Crippen LogP contribution >= 0.6 is 0 Å². The Labute approximate surface area is 197 Å². The first-order valence-electron chi connectivity index (χ1n) is 11.1. The summed E-state index contributed by atoms with van der Waals surface area (Å²) < 4.78 is 37.9. The van der Waals surface area contributed by atoms with E-state index in [-0.39, 0.29) is 39.1 Å². The van der Waals surface area contributed by atoms with Gasteiger partial charge in [0.05, 0.1) is 5.69 Å². The molecule has 1 aromatic carbocycles. The van der Waals surface area contributed by atoms with Crippen molar-refractivity contribution in [3.8, 4) is 5.75 Å². The molecule has 4 rings (SSSR count). The van der Waals surface area contributed by atoms with E-state index in [1.807, 2.05) is 33.8 Å². The lowest BCUT2D eigenvalue weighted by Crippen LogP contribution is -2.30. The summed E-state index contributed by atoms with van der Waals surface area (Å²) in [6.07, 6.45) is 1.56. The summed E-state index contributed by atoms with van der Waals surface area (Å²) in [5.41, 5.74) is 1.06. The molecular weight excluding hydrogens is 462 g/mol. The Hall–Kier alpha value is -3.25. The molecule has 1 aliphatic rings. The quantitative estimate of drug-likeness (QED) is 0.318. The molecule has 12 heteroatoms. The van der Waals surface area contributed by atoms with Crippen molar-refractivity contribution in [3.63, 3.8) is 0 Å². The average Bonchev–Trinajstić information content (AvgIpc) is 3.50. The minimum atomic E-state index is -3.85.